The molecule has 1 aromatic rings. The number of rotatable bonds is 2. The summed E-state index contributed by atoms with van der Waals surface area (Å²) in [5.41, 5.74) is -0.875. The molecule has 2 aliphatic heterocycles. The number of aromatic hydroxyl groups is 1. The van der Waals surface area contributed by atoms with Gasteiger partial charge in [0.05, 0.1) is 21.2 Å². The second-order valence-electron chi connectivity index (χ2n) is 7.39. The molecule has 0 radical (unpaired) electrons. The fourth-order valence-electron chi connectivity index (χ4n) is 5.72. The zero-order valence-electron chi connectivity index (χ0n) is 18.5. The molecule has 0 unspecified atom stereocenters. The van der Waals surface area contributed by atoms with Crippen molar-refractivity contribution in [2.45, 2.75) is 54.9 Å². The van der Waals surface area contributed by atoms with Gasteiger partial charge in [-0.25, -0.2) is 0 Å². The maximum absolute atomic E-state index is 12.0. The van der Waals surface area contributed by atoms with E-state index in [2.05, 4.69) is 0 Å². The third-order valence-electron chi connectivity index (χ3n) is 6.63. The summed E-state index contributed by atoms with van der Waals surface area (Å²) in [4.78, 5) is 1.40. The van der Waals surface area contributed by atoms with E-state index in [1.165, 1.54) is 11.0 Å². The highest BCUT2D eigenvalue weighted by Crippen LogP contribution is 2.65. The Bertz CT molecular complexity index is 942. The van der Waals surface area contributed by atoms with Gasteiger partial charge in [-0.1, -0.05) is 12.1 Å². The minimum Gasteiger partial charge on any atom is -0.504 e. The van der Waals surface area contributed by atoms with Gasteiger partial charge in [0.2, 0.25) is 0 Å². The van der Waals surface area contributed by atoms with Crippen LogP contribution in [-0.2, 0) is 11.8 Å². The number of likely N-dealkylation sites (tertiary alicyclic amines) is 1. The number of ether oxygens (including phenoxy) is 1. The SMILES string of the molecule is Cl.[2H]C([2H])=C([2H])C([2H])([2H])N1CC[C@]23c4c5ccc(O)c4O[C@H]2[C@@H](O)CC[C@@]3(O)[C@H]1C5. The van der Waals surface area contributed by atoms with Crippen LogP contribution in [-0.4, -0.2) is 57.1 Å². The van der Waals surface area contributed by atoms with Gasteiger partial charge in [-0.05, 0) is 43.9 Å². The van der Waals surface area contributed by atoms with Gasteiger partial charge in [-0.3, -0.25) is 4.90 Å². The highest BCUT2D eigenvalue weighted by molar-refractivity contribution is 5.85. The molecular formula is C19H24ClNO4. The molecular weight excluding hydrogens is 342 g/mol. The Morgan fingerprint density at radius 1 is 1.52 bits per heavy atom. The Morgan fingerprint density at radius 2 is 2.36 bits per heavy atom. The van der Waals surface area contributed by atoms with E-state index in [-0.39, 0.29) is 50.4 Å². The average molecular weight is 371 g/mol. The Balaban J connectivity index is 0.00000218. The summed E-state index contributed by atoms with van der Waals surface area (Å²) < 4.78 is 45.7. The van der Waals surface area contributed by atoms with Gasteiger partial charge in [0.15, 0.2) is 11.5 Å². The molecule has 0 amide bonds. The molecule has 1 spiro atoms. The van der Waals surface area contributed by atoms with Crippen LogP contribution in [0.5, 0.6) is 11.5 Å². The zero-order valence-corrected chi connectivity index (χ0v) is 14.3. The number of hydrogen-bond acceptors (Lipinski definition) is 5. The van der Waals surface area contributed by atoms with Gasteiger partial charge in [0, 0.05) is 20.8 Å². The molecule has 0 aromatic heterocycles. The number of aliphatic hydroxyl groups excluding tert-OH is 1. The molecule has 4 aliphatic rings. The molecule has 2 aliphatic carbocycles. The standard InChI is InChI=1S/C19H23NO4.ClH/c1-2-8-20-9-7-18-15-11-3-4-12(21)16(15)24-17(18)13(22)5-6-19(18,23)14(20)10-11;/h2-4,13-14,17,21-23H,1,5-10H2;1H/t13-,14+,17-,18-,19+;/m0./s1/i1D2,2D,8D2;. The number of phenols is 1. The monoisotopic (exact) mass is 370 g/mol. The Hall–Kier alpha value is -1.27. The van der Waals surface area contributed by atoms with Gasteiger partial charge in [-0.2, -0.15) is 0 Å². The predicted octanol–water partition coefficient (Wildman–Crippen LogP) is 1.51. The third-order valence-corrected chi connectivity index (χ3v) is 6.63. The number of nitrogens with zero attached hydrogens (tertiary/aromatic N) is 1. The van der Waals surface area contributed by atoms with E-state index in [4.69, 9.17) is 11.6 Å². The first kappa shape index (κ1) is 12.2. The maximum atomic E-state index is 12.0. The van der Waals surface area contributed by atoms with Crippen molar-refractivity contribution in [2.24, 2.45) is 0 Å². The van der Waals surface area contributed by atoms with Crippen LogP contribution >= 0.6 is 12.4 Å². The number of phenolic OH excluding ortho intramolecular Hbond substituents is 1. The summed E-state index contributed by atoms with van der Waals surface area (Å²) in [7, 11) is 0. The highest BCUT2D eigenvalue weighted by Gasteiger charge is 2.72. The zero-order chi connectivity index (χ0) is 20.9. The molecule has 2 bridgehead atoms. The van der Waals surface area contributed by atoms with Gasteiger partial charge in [-0.15, -0.1) is 18.9 Å². The summed E-state index contributed by atoms with van der Waals surface area (Å²) in [6.07, 6.45) is -0.517. The molecule has 5 atom stereocenters. The number of hydrogen-bond donors (Lipinski definition) is 3. The van der Waals surface area contributed by atoms with Crippen molar-refractivity contribution in [3.05, 3.63) is 35.8 Å². The number of aliphatic hydroxyl groups is 2. The van der Waals surface area contributed by atoms with Gasteiger partial charge < -0.3 is 20.1 Å². The second kappa shape index (κ2) is 5.36. The largest absolute Gasteiger partial charge is 0.504 e. The Labute approximate surface area is 160 Å². The van der Waals surface area contributed by atoms with Crippen LogP contribution < -0.4 is 4.74 Å². The minimum absolute atomic E-state index is 0. The fourth-order valence-corrected chi connectivity index (χ4v) is 5.72. The lowest BCUT2D eigenvalue weighted by atomic mass is 9.48. The number of halogens is 1. The Morgan fingerprint density at radius 3 is 3.16 bits per heavy atom. The van der Waals surface area contributed by atoms with Crippen molar-refractivity contribution < 1.29 is 26.9 Å². The topological polar surface area (TPSA) is 73.2 Å². The van der Waals surface area contributed by atoms with Crippen molar-refractivity contribution in [2.75, 3.05) is 13.0 Å². The van der Waals surface area contributed by atoms with Crippen molar-refractivity contribution in [3.8, 4) is 11.5 Å². The first-order valence-electron chi connectivity index (χ1n) is 10.9. The van der Waals surface area contributed by atoms with Crippen LogP contribution in [0.1, 0.15) is 37.2 Å². The molecule has 1 saturated carbocycles. The van der Waals surface area contributed by atoms with E-state index in [1.807, 2.05) is 0 Å². The van der Waals surface area contributed by atoms with Crippen molar-refractivity contribution in [3.63, 3.8) is 0 Å². The number of benzene rings is 1. The Kier molecular flexibility index (Phi) is 2.61. The lowest BCUT2D eigenvalue weighted by molar-refractivity contribution is -0.206. The molecule has 6 heteroatoms. The van der Waals surface area contributed by atoms with Crippen molar-refractivity contribution in [1.29, 1.82) is 0 Å². The first-order valence-corrected chi connectivity index (χ1v) is 8.39. The van der Waals surface area contributed by atoms with Crippen molar-refractivity contribution >= 4 is 12.4 Å². The fraction of sp³-hybridized carbons (Fsp3) is 0.579. The lowest BCUT2D eigenvalue weighted by Gasteiger charge is -2.63. The van der Waals surface area contributed by atoms with E-state index < -0.39 is 48.3 Å². The molecule has 2 heterocycles. The summed E-state index contributed by atoms with van der Waals surface area (Å²) in [5, 5.41) is 33.1. The second-order valence-corrected chi connectivity index (χ2v) is 7.39. The molecule has 5 nitrogen and oxygen atoms in total. The van der Waals surface area contributed by atoms with E-state index >= 15 is 0 Å². The summed E-state index contributed by atoms with van der Waals surface area (Å²) in [6.45, 7) is -3.12. The van der Waals surface area contributed by atoms with Crippen LogP contribution in [0.3, 0.4) is 0 Å². The van der Waals surface area contributed by atoms with E-state index in [0.717, 1.165) is 5.56 Å². The van der Waals surface area contributed by atoms with Crippen LogP contribution in [0.2, 0.25) is 0 Å². The predicted molar refractivity (Wildman–Crippen MR) is 95.5 cm³/mol. The molecule has 5 rings (SSSR count). The van der Waals surface area contributed by atoms with Crippen LogP contribution in [0.25, 0.3) is 0 Å². The highest BCUT2D eigenvalue weighted by atomic mass is 35.5. The molecule has 3 N–H and O–H groups in total. The quantitative estimate of drug-likeness (QED) is 0.688. The molecule has 2 fully saturated rings. The molecule has 25 heavy (non-hydrogen) atoms. The summed E-state index contributed by atoms with van der Waals surface area (Å²) >= 11 is 0. The van der Waals surface area contributed by atoms with E-state index in [0.29, 0.717) is 11.3 Å². The van der Waals surface area contributed by atoms with Gasteiger partial charge in [0.25, 0.3) is 0 Å². The first-order chi connectivity index (χ1) is 13.6. The molecule has 136 valence electrons. The average Bonchev–Trinajstić information content (AvgIpc) is 3.01. The lowest BCUT2D eigenvalue weighted by Crippen LogP contribution is -2.77. The summed E-state index contributed by atoms with van der Waals surface area (Å²) in [5.74, 6) is 0.255. The smallest absolute Gasteiger partial charge is 0.165 e. The van der Waals surface area contributed by atoms with Crippen LogP contribution in [0.4, 0.5) is 0 Å². The van der Waals surface area contributed by atoms with Crippen molar-refractivity contribution in [1.82, 2.24) is 4.90 Å². The molecule has 1 aromatic carbocycles. The van der Waals surface area contributed by atoms with Crippen LogP contribution in [0, 0.1) is 0 Å². The normalized spacial score (nSPS) is 43.9. The van der Waals surface area contributed by atoms with Gasteiger partial charge >= 0.3 is 0 Å². The molecule has 1 saturated heterocycles. The maximum Gasteiger partial charge on any atom is 0.165 e. The van der Waals surface area contributed by atoms with E-state index in [9.17, 15) is 15.3 Å². The minimum atomic E-state index is -2.39. The summed E-state index contributed by atoms with van der Waals surface area (Å²) in [6, 6.07) is 1.79. The van der Waals surface area contributed by atoms with Gasteiger partial charge in [0.1, 0.15) is 6.10 Å². The van der Waals surface area contributed by atoms with Crippen LogP contribution in [0.15, 0.2) is 24.7 Å². The third kappa shape index (κ3) is 1.80. The number of piperidine rings is 1. The van der Waals surface area contributed by atoms with E-state index in [1.54, 1.807) is 6.07 Å².